The number of hydrogen-bond donors (Lipinski definition) is 1. The van der Waals surface area contributed by atoms with E-state index in [1.165, 1.54) is 31.2 Å². The first-order valence-corrected chi connectivity index (χ1v) is 8.03. The van der Waals surface area contributed by atoms with Gasteiger partial charge in [-0.2, -0.15) is 5.26 Å². The summed E-state index contributed by atoms with van der Waals surface area (Å²) in [7, 11) is 0. The zero-order valence-corrected chi connectivity index (χ0v) is 14.3. The maximum Gasteiger partial charge on any atom is 0.338 e. The molecule has 0 unspecified atom stereocenters. The van der Waals surface area contributed by atoms with E-state index in [1.807, 2.05) is 6.07 Å². The van der Waals surface area contributed by atoms with E-state index in [9.17, 15) is 14.4 Å². The maximum atomic E-state index is 12.1. The van der Waals surface area contributed by atoms with E-state index in [-0.39, 0.29) is 23.9 Å². The maximum absolute atomic E-state index is 12.1. The van der Waals surface area contributed by atoms with Gasteiger partial charge in [0.2, 0.25) is 5.91 Å². The molecule has 132 valence electrons. The number of esters is 1. The second-order valence-corrected chi connectivity index (χ2v) is 5.62. The standard InChI is InChI=1S/C20H18N2O4/c1-14(23)22-11-10-15-2-6-17(7-3-15)19(24)13-26-20(25)18-8-4-16(12-21)5-9-18/h2-9H,10-11,13H2,1H3,(H,22,23). The van der Waals surface area contributed by atoms with Crippen LogP contribution in [0, 0.1) is 11.3 Å². The molecule has 1 amide bonds. The molecule has 0 radical (unpaired) electrons. The largest absolute Gasteiger partial charge is 0.454 e. The quantitative estimate of drug-likeness (QED) is 0.610. The Morgan fingerprint density at radius 1 is 1.00 bits per heavy atom. The topological polar surface area (TPSA) is 96.3 Å². The predicted molar refractivity (Wildman–Crippen MR) is 94.6 cm³/mol. The number of nitriles is 1. The molecule has 2 aromatic carbocycles. The zero-order valence-electron chi connectivity index (χ0n) is 14.3. The van der Waals surface area contributed by atoms with Crippen molar-refractivity contribution < 1.29 is 19.1 Å². The van der Waals surface area contributed by atoms with Crippen LogP contribution in [0.15, 0.2) is 48.5 Å². The summed E-state index contributed by atoms with van der Waals surface area (Å²) in [5, 5.41) is 11.4. The Bertz CT molecular complexity index is 834. The predicted octanol–water partition coefficient (Wildman–Crippen LogP) is 2.28. The van der Waals surface area contributed by atoms with E-state index in [0.717, 1.165) is 5.56 Å². The van der Waals surface area contributed by atoms with E-state index >= 15 is 0 Å². The second-order valence-electron chi connectivity index (χ2n) is 5.62. The van der Waals surface area contributed by atoms with Crippen LogP contribution in [0.25, 0.3) is 0 Å². The highest BCUT2D eigenvalue weighted by Gasteiger charge is 2.12. The van der Waals surface area contributed by atoms with Gasteiger partial charge in [-0.15, -0.1) is 0 Å². The number of benzene rings is 2. The van der Waals surface area contributed by atoms with Gasteiger partial charge in [-0.25, -0.2) is 4.79 Å². The fourth-order valence-electron chi connectivity index (χ4n) is 2.22. The molecule has 2 aromatic rings. The van der Waals surface area contributed by atoms with Crippen molar-refractivity contribution in [2.24, 2.45) is 0 Å². The summed E-state index contributed by atoms with van der Waals surface area (Å²) < 4.78 is 5.02. The highest BCUT2D eigenvalue weighted by molar-refractivity contribution is 5.99. The van der Waals surface area contributed by atoms with Crippen molar-refractivity contribution in [3.8, 4) is 6.07 Å². The van der Waals surface area contributed by atoms with Crippen LogP contribution in [-0.2, 0) is 16.0 Å². The van der Waals surface area contributed by atoms with Crippen molar-refractivity contribution in [2.45, 2.75) is 13.3 Å². The van der Waals surface area contributed by atoms with Crippen LogP contribution in [0.1, 0.15) is 38.8 Å². The van der Waals surface area contributed by atoms with E-state index in [1.54, 1.807) is 24.3 Å². The van der Waals surface area contributed by atoms with Crippen LogP contribution < -0.4 is 5.32 Å². The lowest BCUT2D eigenvalue weighted by atomic mass is 10.1. The van der Waals surface area contributed by atoms with Crippen LogP contribution in [0.4, 0.5) is 0 Å². The zero-order chi connectivity index (χ0) is 18.9. The molecule has 0 heterocycles. The molecular weight excluding hydrogens is 332 g/mol. The lowest BCUT2D eigenvalue weighted by molar-refractivity contribution is -0.118. The number of amides is 1. The number of Topliss-reactive ketones (excluding diaryl/α,β-unsaturated/α-hetero) is 1. The Kier molecular flexibility index (Phi) is 6.63. The number of hydrogen-bond acceptors (Lipinski definition) is 5. The summed E-state index contributed by atoms with van der Waals surface area (Å²) in [6, 6.07) is 14.9. The Hall–Kier alpha value is -3.46. The molecule has 0 saturated carbocycles. The van der Waals surface area contributed by atoms with Gasteiger partial charge in [-0.1, -0.05) is 24.3 Å². The minimum absolute atomic E-state index is 0.0825. The number of nitrogens with one attached hydrogen (secondary N) is 1. The van der Waals surface area contributed by atoms with E-state index in [4.69, 9.17) is 10.00 Å². The summed E-state index contributed by atoms with van der Waals surface area (Å²) >= 11 is 0. The van der Waals surface area contributed by atoms with Crippen molar-refractivity contribution in [1.29, 1.82) is 5.26 Å². The minimum atomic E-state index is -0.616. The van der Waals surface area contributed by atoms with Gasteiger partial charge < -0.3 is 10.1 Å². The highest BCUT2D eigenvalue weighted by Crippen LogP contribution is 2.08. The number of ether oxygens (including phenoxy) is 1. The number of carbonyl (C=O) groups is 3. The third-order valence-electron chi connectivity index (χ3n) is 3.65. The van der Waals surface area contributed by atoms with Gasteiger partial charge in [0.15, 0.2) is 12.4 Å². The van der Waals surface area contributed by atoms with Gasteiger partial charge in [0.25, 0.3) is 0 Å². The summed E-state index contributed by atoms with van der Waals surface area (Å²) in [6.45, 7) is 1.63. The monoisotopic (exact) mass is 350 g/mol. The summed E-state index contributed by atoms with van der Waals surface area (Å²) in [5.74, 6) is -1.00. The Morgan fingerprint density at radius 3 is 2.19 bits per heavy atom. The molecule has 0 spiro atoms. The third-order valence-corrected chi connectivity index (χ3v) is 3.65. The molecule has 6 nitrogen and oxygen atoms in total. The average Bonchev–Trinajstić information content (AvgIpc) is 2.66. The fraction of sp³-hybridized carbons (Fsp3) is 0.200. The molecule has 1 N–H and O–H groups in total. The van der Waals surface area contributed by atoms with Gasteiger partial charge in [0, 0.05) is 19.0 Å². The van der Waals surface area contributed by atoms with Crippen molar-refractivity contribution in [1.82, 2.24) is 5.32 Å². The Labute approximate surface area is 151 Å². The molecule has 26 heavy (non-hydrogen) atoms. The Morgan fingerprint density at radius 2 is 1.62 bits per heavy atom. The van der Waals surface area contributed by atoms with Gasteiger partial charge in [-0.05, 0) is 36.2 Å². The van der Waals surface area contributed by atoms with Crippen LogP contribution >= 0.6 is 0 Å². The van der Waals surface area contributed by atoms with Crippen molar-refractivity contribution >= 4 is 17.7 Å². The van der Waals surface area contributed by atoms with Crippen LogP contribution in [0.3, 0.4) is 0 Å². The SMILES string of the molecule is CC(=O)NCCc1ccc(C(=O)COC(=O)c2ccc(C#N)cc2)cc1. The summed E-state index contributed by atoms with van der Waals surface area (Å²) in [5.41, 5.74) is 2.16. The fourth-order valence-corrected chi connectivity index (χ4v) is 2.22. The Balaban J connectivity index is 1.86. The summed E-state index contributed by atoms with van der Waals surface area (Å²) in [4.78, 5) is 34.9. The molecule has 6 heteroatoms. The first-order valence-electron chi connectivity index (χ1n) is 8.03. The van der Waals surface area contributed by atoms with E-state index in [2.05, 4.69) is 5.32 Å². The highest BCUT2D eigenvalue weighted by atomic mass is 16.5. The molecule has 0 atom stereocenters. The van der Waals surface area contributed by atoms with E-state index < -0.39 is 5.97 Å². The van der Waals surface area contributed by atoms with Gasteiger partial charge in [-0.3, -0.25) is 9.59 Å². The minimum Gasteiger partial charge on any atom is -0.454 e. The molecule has 0 aliphatic heterocycles. The molecule has 0 aliphatic rings. The van der Waals surface area contributed by atoms with E-state index in [0.29, 0.717) is 24.1 Å². The number of rotatable bonds is 7. The smallest absolute Gasteiger partial charge is 0.338 e. The second kappa shape index (κ2) is 9.14. The lowest BCUT2D eigenvalue weighted by Gasteiger charge is -2.06. The first kappa shape index (κ1) is 18.9. The van der Waals surface area contributed by atoms with Crippen LogP contribution in [0.5, 0.6) is 0 Å². The van der Waals surface area contributed by atoms with Gasteiger partial charge >= 0.3 is 5.97 Å². The number of ketones is 1. The average molecular weight is 350 g/mol. The van der Waals surface area contributed by atoms with Gasteiger partial charge in [0.1, 0.15) is 0 Å². The van der Waals surface area contributed by atoms with Crippen molar-refractivity contribution in [3.63, 3.8) is 0 Å². The van der Waals surface area contributed by atoms with Crippen molar-refractivity contribution in [2.75, 3.05) is 13.2 Å². The van der Waals surface area contributed by atoms with Crippen LogP contribution in [0.2, 0.25) is 0 Å². The molecule has 2 rings (SSSR count). The molecule has 0 fully saturated rings. The molecule has 0 saturated heterocycles. The summed E-state index contributed by atoms with van der Waals surface area (Å²) in [6.07, 6.45) is 0.668. The van der Waals surface area contributed by atoms with Gasteiger partial charge in [0.05, 0.1) is 17.2 Å². The number of nitrogens with zero attached hydrogens (tertiary/aromatic N) is 1. The van der Waals surface area contributed by atoms with Crippen molar-refractivity contribution in [3.05, 3.63) is 70.8 Å². The first-order chi connectivity index (χ1) is 12.5. The molecular formula is C20H18N2O4. The van der Waals surface area contributed by atoms with Crippen LogP contribution in [-0.4, -0.2) is 30.8 Å². The lowest BCUT2D eigenvalue weighted by Crippen LogP contribution is -2.22. The third kappa shape index (κ3) is 5.56. The molecule has 0 aromatic heterocycles. The number of carbonyl (C=O) groups excluding carboxylic acids is 3. The molecule has 0 bridgehead atoms. The normalized spacial score (nSPS) is 9.85. The molecule has 0 aliphatic carbocycles.